The van der Waals surface area contributed by atoms with Gasteiger partial charge in [0.05, 0.1) is 38.6 Å². The molecule has 11 heteroatoms. The molecular formula is C33H29BrCl2N2O5S. The predicted molar refractivity (Wildman–Crippen MR) is 178 cm³/mol. The van der Waals surface area contributed by atoms with Gasteiger partial charge in [-0.3, -0.25) is 9.36 Å². The number of nitrogens with zero attached hydrogens (tertiary/aromatic N) is 2. The molecule has 1 aromatic heterocycles. The minimum absolute atomic E-state index is 0.123. The average Bonchev–Trinajstić information content (AvgIpc) is 3.27. The third kappa shape index (κ3) is 6.81. The number of carbonyl (C=O) groups excluding carboxylic acids is 1. The Morgan fingerprint density at radius 2 is 1.86 bits per heavy atom. The van der Waals surface area contributed by atoms with Crippen LogP contribution in [0.25, 0.3) is 6.08 Å². The van der Waals surface area contributed by atoms with E-state index in [0.29, 0.717) is 53.3 Å². The first-order valence-corrected chi connectivity index (χ1v) is 16.3. The molecule has 228 valence electrons. The van der Waals surface area contributed by atoms with Crippen LogP contribution in [0.5, 0.6) is 11.5 Å². The predicted octanol–water partition coefficient (Wildman–Crippen LogP) is 7.23. The first kappa shape index (κ1) is 32.0. The van der Waals surface area contributed by atoms with Gasteiger partial charge in [-0.1, -0.05) is 74.7 Å². The van der Waals surface area contributed by atoms with Gasteiger partial charge in [0.25, 0.3) is 5.56 Å². The first-order chi connectivity index (χ1) is 21.1. The molecular weight excluding hydrogens is 687 g/mol. The molecule has 2 heterocycles. The van der Waals surface area contributed by atoms with Crippen LogP contribution in [0.2, 0.25) is 10.0 Å². The van der Waals surface area contributed by atoms with Crippen LogP contribution in [0.1, 0.15) is 50.4 Å². The Labute approximate surface area is 277 Å². The van der Waals surface area contributed by atoms with Crippen molar-refractivity contribution in [2.75, 3.05) is 6.61 Å². The lowest BCUT2D eigenvalue weighted by atomic mass is 9.95. The van der Waals surface area contributed by atoms with Gasteiger partial charge in [0.15, 0.2) is 4.80 Å². The van der Waals surface area contributed by atoms with Crippen molar-refractivity contribution >= 4 is 62.5 Å². The first-order valence-electron chi connectivity index (χ1n) is 13.9. The SMILES string of the molecule is CCOC(=O)C1=C(C)N=c2s/c(=C/c3cc(Br)ccc3OCc3ccc(Cl)c(Cl)c3)c(=O)n2[C@H]1c1ccccc1OC(C)C. The fourth-order valence-corrected chi connectivity index (χ4v) is 6.59. The van der Waals surface area contributed by atoms with Gasteiger partial charge < -0.3 is 14.2 Å². The largest absolute Gasteiger partial charge is 0.491 e. The topological polar surface area (TPSA) is 79.1 Å². The molecule has 0 unspecified atom stereocenters. The lowest BCUT2D eigenvalue weighted by Gasteiger charge is -2.26. The van der Waals surface area contributed by atoms with Gasteiger partial charge >= 0.3 is 5.97 Å². The highest BCUT2D eigenvalue weighted by Crippen LogP contribution is 2.36. The van der Waals surface area contributed by atoms with Gasteiger partial charge in [-0.25, -0.2) is 9.79 Å². The van der Waals surface area contributed by atoms with Crippen LogP contribution in [0.3, 0.4) is 0 Å². The van der Waals surface area contributed by atoms with E-state index < -0.39 is 12.0 Å². The van der Waals surface area contributed by atoms with Crippen molar-refractivity contribution in [3.63, 3.8) is 0 Å². The quantitative estimate of drug-likeness (QED) is 0.171. The van der Waals surface area contributed by atoms with E-state index in [0.717, 1.165) is 10.0 Å². The van der Waals surface area contributed by atoms with Gasteiger partial charge in [-0.2, -0.15) is 0 Å². The summed E-state index contributed by atoms with van der Waals surface area (Å²) in [7, 11) is 0. The number of allylic oxidation sites excluding steroid dienone is 1. The molecule has 1 aliphatic heterocycles. The van der Waals surface area contributed by atoms with Crippen molar-refractivity contribution in [3.05, 3.63) is 123 Å². The number of esters is 1. The minimum Gasteiger partial charge on any atom is -0.491 e. The molecule has 7 nitrogen and oxygen atoms in total. The number of hydrogen-bond donors (Lipinski definition) is 0. The second-order valence-corrected chi connectivity index (χ2v) is 13.0. The molecule has 0 spiro atoms. The summed E-state index contributed by atoms with van der Waals surface area (Å²) in [5.74, 6) is 0.613. The second-order valence-electron chi connectivity index (χ2n) is 10.2. The van der Waals surface area contributed by atoms with E-state index in [-0.39, 0.29) is 24.9 Å². The molecule has 5 rings (SSSR count). The number of rotatable bonds is 9. The fraction of sp³-hybridized carbons (Fsp3) is 0.242. The monoisotopic (exact) mass is 714 g/mol. The number of para-hydroxylation sites is 1. The molecule has 0 aliphatic carbocycles. The van der Waals surface area contributed by atoms with Gasteiger partial charge in [0, 0.05) is 15.6 Å². The maximum Gasteiger partial charge on any atom is 0.338 e. The van der Waals surface area contributed by atoms with E-state index in [1.165, 1.54) is 11.3 Å². The van der Waals surface area contributed by atoms with Crippen LogP contribution in [0.15, 0.2) is 86.2 Å². The zero-order valence-corrected chi connectivity index (χ0v) is 28.3. The van der Waals surface area contributed by atoms with Gasteiger partial charge in [-0.05, 0) is 75.7 Å². The molecule has 44 heavy (non-hydrogen) atoms. The summed E-state index contributed by atoms with van der Waals surface area (Å²) in [6.07, 6.45) is 1.65. The van der Waals surface area contributed by atoms with Gasteiger partial charge in [0.1, 0.15) is 24.1 Å². The number of carbonyl (C=O) groups is 1. The molecule has 1 aliphatic rings. The molecule has 1 atom stereocenters. The number of aromatic nitrogens is 1. The van der Waals surface area contributed by atoms with E-state index in [4.69, 9.17) is 37.4 Å². The van der Waals surface area contributed by atoms with E-state index >= 15 is 0 Å². The van der Waals surface area contributed by atoms with E-state index in [1.807, 2.05) is 62.4 Å². The highest BCUT2D eigenvalue weighted by atomic mass is 79.9. The molecule has 0 saturated carbocycles. The molecule has 0 amide bonds. The number of hydrogen-bond acceptors (Lipinski definition) is 7. The summed E-state index contributed by atoms with van der Waals surface area (Å²) in [5, 5.41) is 0.908. The Balaban J connectivity index is 1.64. The minimum atomic E-state index is -0.796. The molecule has 3 aromatic carbocycles. The van der Waals surface area contributed by atoms with Crippen LogP contribution >= 0.6 is 50.5 Å². The number of benzene rings is 3. The summed E-state index contributed by atoms with van der Waals surface area (Å²) < 4.78 is 20.5. The van der Waals surface area contributed by atoms with Gasteiger partial charge in [0.2, 0.25) is 0 Å². The normalized spacial score (nSPS) is 14.8. The molecule has 0 fully saturated rings. The highest BCUT2D eigenvalue weighted by molar-refractivity contribution is 9.10. The molecule has 0 saturated heterocycles. The Hall–Kier alpha value is -3.37. The molecule has 0 radical (unpaired) electrons. The highest BCUT2D eigenvalue weighted by Gasteiger charge is 2.35. The van der Waals surface area contributed by atoms with Crippen molar-refractivity contribution in [3.8, 4) is 11.5 Å². The number of thiazole rings is 1. The second kappa shape index (κ2) is 13.7. The van der Waals surface area contributed by atoms with Crippen molar-refractivity contribution in [1.82, 2.24) is 4.57 Å². The number of fused-ring (bicyclic) bond motifs is 1. The maximum absolute atomic E-state index is 14.2. The third-order valence-electron chi connectivity index (χ3n) is 6.73. The van der Waals surface area contributed by atoms with Crippen LogP contribution in [-0.4, -0.2) is 23.2 Å². The summed E-state index contributed by atoms with van der Waals surface area (Å²) in [4.78, 5) is 32.7. The van der Waals surface area contributed by atoms with E-state index in [9.17, 15) is 9.59 Å². The maximum atomic E-state index is 14.2. The summed E-state index contributed by atoms with van der Waals surface area (Å²) >= 11 is 17.0. The smallest absolute Gasteiger partial charge is 0.338 e. The zero-order valence-electron chi connectivity index (χ0n) is 24.4. The average molecular weight is 716 g/mol. The Morgan fingerprint density at radius 3 is 2.59 bits per heavy atom. The number of halogens is 3. The van der Waals surface area contributed by atoms with Crippen molar-refractivity contribution in [1.29, 1.82) is 0 Å². The van der Waals surface area contributed by atoms with E-state index in [1.54, 1.807) is 36.6 Å². The zero-order chi connectivity index (χ0) is 31.5. The van der Waals surface area contributed by atoms with Crippen LogP contribution in [0, 0.1) is 0 Å². The lowest BCUT2D eigenvalue weighted by Crippen LogP contribution is -2.40. The molecule has 0 N–H and O–H groups in total. The fourth-order valence-electron chi connectivity index (χ4n) is 4.85. The summed E-state index contributed by atoms with van der Waals surface area (Å²) in [6, 6.07) is 17.5. The third-order valence-corrected chi connectivity index (χ3v) is 8.95. The Morgan fingerprint density at radius 1 is 1.09 bits per heavy atom. The van der Waals surface area contributed by atoms with Crippen LogP contribution in [-0.2, 0) is 16.1 Å². The van der Waals surface area contributed by atoms with Crippen LogP contribution < -0.4 is 24.4 Å². The Kier molecular flexibility index (Phi) is 10.00. The Bertz CT molecular complexity index is 1950. The van der Waals surface area contributed by atoms with Crippen molar-refractivity contribution in [2.24, 2.45) is 4.99 Å². The number of ether oxygens (including phenoxy) is 3. The van der Waals surface area contributed by atoms with Crippen molar-refractivity contribution in [2.45, 2.75) is 46.4 Å². The standard InChI is InChI=1S/C33H29BrCl2N2O5S/c1-5-41-32(40)29-19(4)37-33-38(30(29)23-8-6-7-9-27(23)43-18(2)3)31(39)28(44-33)16-21-15-22(34)11-13-26(21)42-17-20-10-12-24(35)25(36)14-20/h6-16,18,30H,5,17H2,1-4H3/b28-16+/t30-/m0/s1. The van der Waals surface area contributed by atoms with E-state index in [2.05, 4.69) is 20.9 Å². The lowest BCUT2D eigenvalue weighted by molar-refractivity contribution is -0.139. The van der Waals surface area contributed by atoms with Gasteiger partial charge in [-0.15, -0.1) is 0 Å². The molecule has 4 aromatic rings. The molecule has 0 bridgehead atoms. The van der Waals surface area contributed by atoms with Crippen LogP contribution in [0.4, 0.5) is 0 Å². The van der Waals surface area contributed by atoms with Crippen molar-refractivity contribution < 1.29 is 19.0 Å². The summed E-state index contributed by atoms with van der Waals surface area (Å²) in [5.41, 5.74) is 2.66. The summed E-state index contributed by atoms with van der Waals surface area (Å²) in [6.45, 7) is 7.78.